The molecule has 4 N–H and O–H groups in total. The van der Waals surface area contributed by atoms with E-state index < -0.39 is 20.0 Å². The summed E-state index contributed by atoms with van der Waals surface area (Å²) in [6, 6.07) is 60.5. The summed E-state index contributed by atoms with van der Waals surface area (Å²) in [5.41, 5.74) is 10.8. The van der Waals surface area contributed by atoms with Gasteiger partial charge >= 0.3 is 0 Å². The van der Waals surface area contributed by atoms with Crippen LogP contribution in [0.4, 0.5) is 5.69 Å². The van der Waals surface area contributed by atoms with Crippen molar-refractivity contribution < 1.29 is 16.8 Å². The minimum absolute atomic E-state index is 0.0219. The lowest BCUT2D eigenvalue weighted by Gasteiger charge is -2.24. The molecule has 0 unspecified atom stereocenters. The third-order valence-electron chi connectivity index (χ3n) is 13.0. The molecule has 374 valence electrons. The lowest BCUT2D eigenvalue weighted by atomic mass is 10.0. The molecule has 14 nitrogen and oxygen atoms in total. The zero-order valence-corrected chi connectivity index (χ0v) is 42.3. The third-order valence-corrected chi connectivity index (χ3v) is 16.6. The number of nitrogens with zero attached hydrogens (tertiary/aromatic N) is 6. The van der Waals surface area contributed by atoms with E-state index in [0.29, 0.717) is 49.0 Å². The average molecular weight is 1030 g/mol. The Morgan fingerprint density at radius 1 is 0.440 bits per heavy atom. The Balaban J connectivity index is 0.771. The minimum Gasteiger partial charge on any atom is -0.341 e. The van der Waals surface area contributed by atoms with Crippen LogP contribution >= 0.6 is 0 Å². The van der Waals surface area contributed by atoms with Gasteiger partial charge in [0.2, 0.25) is 10.0 Å². The molecule has 16 heteroatoms. The zero-order chi connectivity index (χ0) is 51.2. The highest BCUT2D eigenvalue weighted by Gasteiger charge is 2.29. The van der Waals surface area contributed by atoms with Crippen LogP contribution in [0, 0.1) is 0 Å². The third kappa shape index (κ3) is 11.1. The molecule has 0 fully saturated rings. The summed E-state index contributed by atoms with van der Waals surface area (Å²) in [6.07, 6.45) is 3.43. The number of H-pyrrole nitrogens is 2. The first kappa shape index (κ1) is 48.9. The number of pyridine rings is 2. The Morgan fingerprint density at radius 3 is 1.64 bits per heavy atom. The van der Waals surface area contributed by atoms with Crippen molar-refractivity contribution in [1.29, 1.82) is 0 Å². The van der Waals surface area contributed by atoms with Crippen molar-refractivity contribution in [1.82, 2.24) is 44.8 Å². The predicted octanol–water partition coefficient (Wildman–Crippen LogP) is 10.4. The van der Waals surface area contributed by atoms with Gasteiger partial charge in [-0.05, 0) is 118 Å². The number of imidazole rings is 2. The fourth-order valence-corrected chi connectivity index (χ4v) is 12.0. The monoisotopic (exact) mass is 1030 g/mol. The molecule has 11 aromatic rings. The molecule has 0 spiro atoms. The van der Waals surface area contributed by atoms with Gasteiger partial charge < -0.3 is 20.6 Å². The highest BCUT2D eigenvalue weighted by molar-refractivity contribution is 7.92. The zero-order valence-electron chi connectivity index (χ0n) is 40.7. The van der Waals surface area contributed by atoms with E-state index in [1.165, 1.54) is 8.61 Å². The number of fused-ring (bicyclic) bond motifs is 3. The predicted molar refractivity (Wildman–Crippen MR) is 294 cm³/mol. The molecule has 7 aromatic carbocycles. The van der Waals surface area contributed by atoms with Crippen molar-refractivity contribution in [2.45, 2.75) is 55.6 Å². The van der Waals surface area contributed by atoms with E-state index in [-0.39, 0.29) is 29.4 Å². The summed E-state index contributed by atoms with van der Waals surface area (Å²) >= 11 is 0. The van der Waals surface area contributed by atoms with E-state index in [4.69, 9.17) is 9.97 Å². The second kappa shape index (κ2) is 21.6. The van der Waals surface area contributed by atoms with Crippen molar-refractivity contribution in [2.75, 3.05) is 4.31 Å². The summed E-state index contributed by atoms with van der Waals surface area (Å²) in [5, 5.41) is 7.73. The van der Waals surface area contributed by atoms with E-state index in [9.17, 15) is 16.8 Å². The molecule has 11 rings (SSSR count). The van der Waals surface area contributed by atoms with Crippen molar-refractivity contribution in [3.63, 3.8) is 0 Å². The molecule has 4 heterocycles. The van der Waals surface area contributed by atoms with E-state index in [1.807, 2.05) is 152 Å². The first-order valence-electron chi connectivity index (χ1n) is 24.5. The van der Waals surface area contributed by atoms with Gasteiger partial charge in [-0.2, -0.15) is 4.31 Å². The van der Waals surface area contributed by atoms with Gasteiger partial charge in [-0.1, -0.05) is 109 Å². The smallest absolute Gasteiger partial charge is 0.264 e. The first-order valence-corrected chi connectivity index (χ1v) is 27.4. The Hall–Kier alpha value is -8.38. The van der Waals surface area contributed by atoms with Gasteiger partial charge in [0, 0.05) is 50.5 Å². The number of aromatic amines is 2. The highest BCUT2D eigenvalue weighted by Crippen LogP contribution is 2.32. The van der Waals surface area contributed by atoms with Gasteiger partial charge in [0.25, 0.3) is 10.0 Å². The summed E-state index contributed by atoms with van der Waals surface area (Å²) in [5.74, 6) is 1.06. The SMILES string of the molecule is O=S(=O)(c1ccc(CNCc2ccccn2)cc1)N(Cc1cccc(-c2cccc(CNCc3ccc(S(=O)(=O)N(Cc4nc5ccccc5[nH]4)c4cccc5cccnc45)cc3)c2)c1)Cc1nc2ccccc2[nH]1. The molecule has 0 radical (unpaired) electrons. The molecule has 0 saturated heterocycles. The summed E-state index contributed by atoms with van der Waals surface area (Å²) in [7, 11) is -8.07. The van der Waals surface area contributed by atoms with E-state index in [1.54, 1.807) is 42.7 Å². The molecule has 4 aromatic heterocycles. The number of para-hydroxylation sites is 5. The lowest BCUT2D eigenvalue weighted by Crippen LogP contribution is -2.31. The largest absolute Gasteiger partial charge is 0.341 e. The summed E-state index contributed by atoms with van der Waals surface area (Å²) < 4.78 is 61.2. The first-order chi connectivity index (χ1) is 36.6. The van der Waals surface area contributed by atoms with Crippen molar-refractivity contribution in [3.8, 4) is 11.1 Å². The number of sulfonamides is 2. The quantitative estimate of drug-likeness (QED) is 0.0573. The van der Waals surface area contributed by atoms with Gasteiger partial charge in [0.15, 0.2) is 0 Å². The van der Waals surface area contributed by atoms with E-state index in [2.05, 4.69) is 42.7 Å². The molecule has 0 aliphatic rings. The molecular formula is C59H52N10O4S2. The maximum absolute atomic E-state index is 14.6. The van der Waals surface area contributed by atoms with Crippen LogP contribution in [0.15, 0.2) is 216 Å². The summed E-state index contributed by atoms with van der Waals surface area (Å²) in [6.45, 7) is 2.34. The molecule has 0 aliphatic carbocycles. The maximum atomic E-state index is 14.6. The fraction of sp³-hybridized carbons (Fsp3) is 0.119. The average Bonchev–Trinajstić information content (AvgIpc) is 4.06. The van der Waals surface area contributed by atoms with Gasteiger partial charge in [-0.3, -0.25) is 14.3 Å². The molecule has 0 saturated carbocycles. The normalized spacial score (nSPS) is 12.0. The Morgan fingerprint density at radius 2 is 0.987 bits per heavy atom. The van der Waals surface area contributed by atoms with Crippen LogP contribution in [-0.2, 0) is 65.9 Å². The number of hydrogen-bond donors (Lipinski definition) is 4. The molecule has 0 amide bonds. The molecule has 0 atom stereocenters. The number of aromatic nitrogens is 6. The lowest BCUT2D eigenvalue weighted by molar-refractivity contribution is 0.393. The molecule has 0 aliphatic heterocycles. The van der Waals surface area contributed by atoms with Gasteiger partial charge in [0.05, 0.1) is 61.8 Å². The molecular weight excluding hydrogens is 977 g/mol. The number of hydrogen-bond acceptors (Lipinski definition) is 10. The van der Waals surface area contributed by atoms with Crippen LogP contribution in [0.2, 0.25) is 0 Å². The van der Waals surface area contributed by atoms with Crippen LogP contribution < -0.4 is 14.9 Å². The summed E-state index contributed by atoms with van der Waals surface area (Å²) in [4.78, 5) is 25.3. The number of anilines is 1. The van der Waals surface area contributed by atoms with Gasteiger partial charge in [0.1, 0.15) is 11.6 Å². The van der Waals surface area contributed by atoms with Crippen LogP contribution in [0.3, 0.4) is 0 Å². The van der Waals surface area contributed by atoms with Crippen molar-refractivity contribution in [2.24, 2.45) is 0 Å². The Bertz CT molecular complexity index is 3930. The van der Waals surface area contributed by atoms with Crippen molar-refractivity contribution >= 4 is 58.7 Å². The maximum Gasteiger partial charge on any atom is 0.264 e. The van der Waals surface area contributed by atoms with E-state index in [0.717, 1.165) is 66.5 Å². The molecule has 0 bridgehead atoms. The standard InChI is InChI=1S/C59H52N10O4S2/c70-74(71,50-27-23-43(24-28-50)36-61-38-49-17-5-6-31-62-49)68(40-57-64-52-18-1-2-19-53(52)65-57)39-45-12-8-15-48(34-45)47-14-7-11-44(33-47)37-60-35-42-25-29-51(30-26-42)75(72,73)69(41-58-66-54-20-3-4-21-55(54)67-58)56-22-9-13-46-16-10-32-63-59(46)56/h1-34,60-61H,35-41H2,(H,64,65)(H,66,67). The number of benzene rings is 7. The Kier molecular flexibility index (Phi) is 14.1. The van der Waals surface area contributed by atoms with Gasteiger partial charge in [-0.15, -0.1) is 0 Å². The van der Waals surface area contributed by atoms with Crippen LogP contribution in [-0.4, -0.2) is 51.0 Å². The molecule has 75 heavy (non-hydrogen) atoms. The topological polar surface area (TPSA) is 182 Å². The number of rotatable bonds is 20. The highest BCUT2D eigenvalue weighted by atomic mass is 32.2. The van der Waals surface area contributed by atoms with Crippen LogP contribution in [0.25, 0.3) is 44.1 Å². The second-order valence-corrected chi connectivity index (χ2v) is 22.1. The second-order valence-electron chi connectivity index (χ2n) is 18.3. The van der Waals surface area contributed by atoms with E-state index >= 15 is 0 Å². The van der Waals surface area contributed by atoms with Crippen LogP contribution in [0.5, 0.6) is 0 Å². The number of nitrogens with one attached hydrogen (secondary N) is 4. The Labute approximate surface area is 435 Å². The minimum atomic E-state index is -4.08. The van der Waals surface area contributed by atoms with Gasteiger partial charge in [-0.25, -0.2) is 26.8 Å². The van der Waals surface area contributed by atoms with Crippen LogP contribution in [0.1, 0.15) is 39.6 Å². The fourth-order valence-electron chi connectivity index (χ4n) is 9.22. The van der Waals surface area contributed by atoms with Crippen molar-refractivity contribution in [3.05, 3.63) is 246 Å².